The highest BCUT2D eigenvalue weighted by Gasteiger charge is 2.51. The standard InChI is InChI=1S/C18H32O16/c19-1-4-7(21)9(23)13(27)17(32-4)30-3-6-15(11(25)12(26)16(29)31-6)34-18-14(28)10(24)8(22)5(2-20)33-18/h4-29H,1-3H2/t4-,5-,6-,7+,8+,9+,10+,11-,12-,13-,14-,15-,16+,17-,18+/m1/s1. The van der Waals surface area contributed by atoms with Gasteiger partial charge >= 0.3 is 0 Å². The first kappa shape index (κ1) is 27.9. The third kappa shape index (κ3) is 5.52. The third-order valence-corrected chi connectivity index (χ3v) is 6.07. The average Bonchev–Trinajstić information content (AvgIpc) is 2.82. The summed E-state index contributed by atoms with van der Waals surface area (Å²) in [6.07, 6.45) is -25.0. The molecular weight excluding hydrogens is 472 g/mol. The van der Waals surface area contributed by atoms with Crippen LogP contribution in [0.5, 0.6) is 0 Å². The fraction of sp³-hybridized carbons (Fsp3) is 1.00. The van der Waals surface area contributed by atoms with E-state index in [0.29, 0.717) is 0 Å². The van der Waals surface area contributed by atoms with Crippen LogP contribution < -0.4 is 0 Å². The van der Waals surface area contributed by atoms with Gasteiger partial charge in [-0.15, -0.1) is 0 Å². The summed E-state index contributed by atoms with van der Waals surface area (Å²) < 4.78 is 26.4. The smallest absolute Gasteiger partial charge is 0.187 e. The normalized spacial score (nSPS) is 52.5. The minimum absolute atomic E-state index is 0.619. The Morgan fingerprint density at radius 3 is 1.53 bits per heavy atom. The molecule has 0 unspecified atom stereocenters. The number of hydrogen-bond acceptors (Lipinski definition) is 16. The maximum absolute atomic E-state index is 10.4. The third-order valence-electron chi connectivity index (χ3n) is 6.07. The molecule has 0 aliphatic carbocycles. The SMILES string of the molecule is OC[C@H]1O[C@@H](OC[C@H]2O[C@H](O)[C@H](O)[C@@H](O)[C@@H]2O[C@@H]2O[C@H](CO)[C@H](O)[C@H](O)[C@H]2O)[C@H](O)[C@@H](O)[C@H]1O. The molecule has 16 heteroatoms. The lowest BCUT2D eigenvalue weighted by Crippen LogP contribution is -2.65. The Balaban J connectivity index is 1.72. The quantitative estimate of drug-likeness (QED) is 0.154. The van der Waals surface area contributed by atoms with Gasteiger partial charge in [0.25, 0.3) is 0 Å². The molecule has 3 saturated heterocycles. The first-order valence-electron chi connectivity index (χ1n) is 10.6. The number of hydrogen-bond donors (Lipinski definition) is 11. The van der Waals surface area contributed by atoms with Gasteiger partial charge in [-0.2, -0.15) is 0 Å². The van der Waals surface area contributed by atoms with Gasteiger partial charge in [-0.3, -0.25) is 0 Å². The van der Waals surface area contributed by atoms with Crippen molar-refractivity contribution in [3.63, 3.8) is 0 Å². The van der Waals surface area contributed by atoms with Crippen LogP contribution >= 0.6 is 0 Å². The maximum atomic E-state index is 10.4. The second-order valence-electron chi connectivity index (χ2n) is 8.37. The Labute approximate surface area is 192 Å². The first-order valence-corrected chi connectivity index (χ1v) is 10.6. The highest BCUT2D eigenvalue weighted by molar-refractivity contribution is 4.94. The first-order chi connectivity index (χ1) is 16.0. The summed E-state index contributed by atoms with van der Waals surface area (Å²) in [7, 11) is 0. The summed E-state index contributed by atoms with van der Waals surface area (Å²) in [5.41, 5.74) is 0. The molecule has 3 aliphatic rings. The number of rotatable bonds is 7. The summed E-state index contributed by atoms with van der Waals surface area (Å²) >= 11 is 0. The molecule has 16 nitrogen and oxygen atoms in total. The topological polar surface area (TPSA) is 269 Å². The zero-order valence-corrected chi connectivity index (χ0v) is 17.7. The lowest BCUT2D eigenvalue weighted by molar-refractivity contribution is -0.363. The minimum Gasteiger partial charge on any atom is -0.394 e. The highest BCUT2D eigenvalue weighted by atomic mass is 16.7. The van der Waals surface area contributed by atoms with Crippen LogP contribution in [0.3, 0.4) is 0 Å². The second-order valence-corrected chi connectivity index (χ2v) is 8.37. The molecule has 0 bridgehead atoms. The largest absolute Gasteiger partial charge is 0.394 e. The van der Waals surface area contributed by atoms with Crippen LogP contribution in [0, 0.1) is 0 Å². The van der Waals surface area contributed by atoms with Gasteiger partial charge in [-0.1, -0.05) is 0 Å². The molecule has 0 amide bonds. The Morgan fingerprint density at radius 1 is 0.500 bits per heavy atom. The second kappa shape index (κ2) is 11.6. The van der Waals surface area contributed by atoms with E-state index in [1.54, 1.807) is 0 Å². The molecular formula is C18H32O16. The molecule has 200 valence electrons. The molecule has 3 fully saturated rings. The monoisotopic (exact) mass is 504 g/mol. The average molecular weight is 504 g/mol. The van der Waals surface area contributed by atoms with Crippen LogP contribution in [0.1, 0.15) is 0 Å². The van der Waals surface area contributed by atoms with E-state index < -0.39 is 112 Å². The number of ether oxygens (including phenoxy) is 5. The zero-order valence-electron chi connectivity index (χ0n) is 17.7. The Bertz CT molecular complexity index is 637. The van der Waals surface area contributed by atoms with Crippen molar-refractivity contribution in [1.82, 2.24) is 0 Å². The summed E-state index contributed by atoms with van der Waals surface area (Å²) in [4.78, 5) is 0. The molecule has 0 saturated carbocycles. The van der Waals surface area contributed by atoms with E-state index >= 15 is 0 Å². The molecule has 3 heterocycles. The van der Waals surface area contributed by atoms with E-state index in [4.69, 9.17) is 23.7 Å². The van der Waals surface area contributed by atoms with Crippen molar-refractivity contribution < 1.29 is 79.9 Å². The van der Waals surface area contributed by atoms with Crippen molar-refractivity contribution in [2.75, 3.05) is 19.8 Å². The van der Waals surface area contributed by atoms with Crippen LogP contribution in [0.15, 0.2) is 0 Å². The van der Waals surface area contributed by atoms with Gasteiger partial charge < -0.3 is 79.9 Å². The fourth-order valence-corrected chi connectivity index (χ4v) is 3.95. The molecule has 0 spiro atoms. The van der Waals surface area contributed by atoms with Crippen molar-refractivity contribution >= 4 is 0 Å². The van der Waals surface area contributed by atoms with Gasteiger partial charge in [0.1, 0.15) is 73.2 Å². The van der Waals surface area contributed by atoms with Crippen molar-refractivity contribution in [2.45, 2.75) is 92.1 Å². The van der Waals surface area contributed by atoms with E-state index in [1.807, 2.05) is 0 Å². The molecule has 15 atom stereocenters. The van der Waals surface area contributed by atoms with E-state index in [-0.39, 0.29) is 0 Å². The molecule has 0 radical (unpaired) electrons. The predicted molar refractivity (Wildman–Crippen MR) is 101 cm³/mol. The van der Waals surface area contributed by atoms with Gasteiger partial charge in [0.05, 0.1) is 19.8 Å². The van der Waals surface area contributed by atoms with Crippen LogP contribution in [0.2, 0.25) is 0 Å². The molecule has 3 aliphatic heterocycles. The fourth-order valence-electron chi connectivity index (χ4n) is 3.95. The number of aliphatic hydroxyl groups excluding tert-OH is 11. The van der Waals surface area contributed by atoms with Gasteiger partial charge in [-0.05, 0) is 0 Å². The Hall–Kier alpha value is -0.640. The van der Waals surface area contributed by atoms with Crippen LogP contribution in [-0.4, -0.2) is 168 Å². The van der Waals surface area contributed by atoms with Crippen molar-refractivity contribution in [2.24, 2.45) is 0 Å². The van der Waals surface area contributed by atoms with E-state index in [2.05, 4.69) is 0 Å². The van der Waals surface area contributed by atoms with Gasteiger partial charge in [-0.25, -0.2) is 0 Å². The molecule has 3 rings (SSSR count). The molecule has 11 N–H and O–H groups in total. The van der Waals surface area contributed by atoms with Crippen LogP contribution in [0.4, 0.5) is 0 Å². The molecule has 0 aromatic carbocycles. The summed E-state index contributed by atoms with van der Waals surface area (Å²) in [6.45, 7) is -2.08. The van der Waals surface area contributed by atoms with Gasteiger partial charge in [0, 0.05) is 0 Å². The molecule has 34 heavy (non-hydrogen) atoms. The van der Waals surface area contributed by atoms with Gasteiger partial charge in [0.2, 0.25) is 0 Å². The zero-order chi connectivity index (χ0) is 25.3. The Kier molecular flexibility index (Phi) is 9.54. The summed E-state index contributed by atoms with van der Waals surface area (Å²) in [5.74, 6) is 0. The van der Waals surface area contributed by atoms with E-state index in [0.717, 1.165) is 0 Å². The van der Waals surface area contributed by atoms with Crippen molar-refractivity contribution in [1.29, 1.82) is 0 Å². The lowest BCUT2D eigenvalue weighted by atomic mass is 9.97. The van der Waals surface area contributed by atoms with E-state index in [1.165, 1.54) is 0 Å². The van der Waals surface area contributed by atoms with Gasteiger partial charge in [0.15, 0.2) is 18.9 Å². The summed E-state index contributed by atoms with van der Waals surface area (Å²) in [6, 6.07) is 0. The lowest BCUT2D eigenvalue weighted by Gasteiger charge is -2.46. The molecule has 0 aromatic rings. The minimum atomic E-state index is -1.91. The van der Waals surface area contributed by atoms with Crippen molar-refractivity contribution in [3.05, 3.63) is 0 Å². The number of aliphatic hydroxyl groups is 11. The Morgan fingerprint density at radius 2 is 1.00 bits per heavy atom. The van der Waals surface area contributed by atoms with Crippen LogP contribution in [-0.2, 0) is 23.7 Å². The maximum Gasteiger partial charge on any atom is 0.187 e. The van der Waals surface area contributed by atoms with E-state index in [9.17, 15) is 56.2 Å². The summed E-state index contributed by atoms with van der Waals surface area (Å²) in [5, 5.41) is 109. The molecule has 0 aromatic heterocycles. The van der Waals surface area contributed by atoms with Crippen molar-refractivity contribution in [3.8, 4) is 0 Å². The van der Waals surface area contributed by atoms with Crippen LogP contribution in [0.25, 0.3) is 0 Å². The highest BCUT2D eigenvalue weighted by Crippen LogP contribution is 2.30. The predicted octanol–water partition coefficient (Wildman–Crippen LogP) is -7.57.